The number of nitrogens with one attached hydrogen (secondary N) is 1. The van der Waals surface area contributed by atoms with Crippen LogP contribution in [0.15, 0.2) is 42.6 Å². The fourth-order valence-corrected chi connectivity index (χ4v) is 3.21. The summed E-state index contributed by atoms with van der Waals surface area (Å²) in [6.45, 7) is 0. The first-order valence-corrected chi connectivity index (χ1v) is 7.27. The standard InChI is InChI=1S/C14H11F2N3OS/c15-9-4-3-5-10(16)13(9)14-19(12(20)8-21-14)18-11-6-1-2-7-17-11/h1-7,14H,8H2,(H,17,18). The maximum Gasteiger partial charge on any atom is 0.252 e. The van der Waals surface area contributed by atoms with Gasteiger partial charge in [-0.1, -0.05) is 12.1 Å². The van der Waals surface area contributed by atoms with Gasteiger partial charge in [0.15, 0.2) is 0 Å². The SMILES string of the molecule is O=C1CSC(c2c(F)cccc2F)N1Nc1ccccn1. The van der Waals surface area contributed by atoms with Crippen molar-refractivity contribution in [2.75, 3.05) is 11.2 Å². The lowest BCUT2D eigenvalue weighted by atomic mass is 10.2. The van der Waals surface area contributed by atoms with Crippen LogP contribution >= 0.6 is 11.8 Å². The number of aromatic nitrogens is 1. The number of rotatable bonds is 3. The predicted molar refractivity (Wildman–Crippen MR) is 76.3 cm³/mol. The van der Waals surface area contributed by atoms with Crippen molar-refractivity contribution in [1.29, 1.82) is 0 Å². The van der Waals surface area contributed by atoms with Gasteiger partial charge in [0.25, 0.3) is 5.91 Å². The number of halogens is 2. The first kappa shape index (κ1) is 13.8. The summed E-state index contributed by atoms with van der Waals surface area (Å²) in [6.07, 6.45) is 1.56. The van der Waals surface area contributed by atoms with E-state index in [2.05, 4.69) is 10.4 Å². The normalized spacial score (nSPS) is 18.1. The summed E-state index contributed by atoms with van der Waals surface area (Å²) >= 11 is 1.17. The molecule has 1 amide bonds. The van der Waals surface area contributed by atoms with Crippen LogP contribution in [0, 0.1) is 11.6 Å². The molecule has 21 heavy (non-hydrogen) atoms. The molecule has 1 aliphatic heterocycles. The number of pyridine rings is 1. The number of benzene rings is 1. The molecule has 1 fully saturated rings. The lowest BCUT2D eigenvalue weighted by Crippen LogP contribution is -2.34. The van der Waals surface area contributed by atoms with Gasteiger partial charge in [-0.2, -0.15) is 0 Å². The van der Waals surface area contributed by atoms with E-state index in [0.29, 0.717) is 5.82 Å². The van der Waals surface area contributed by atoms with Gasteiger partial charge in [-0.15, -0.1) is 11.8 Å². The third-order valence-corrected chi connectivity index (χ3v) is 4.19. The smallest absolute Gasteiger partial charge is 0.252 e. The molecule has 1 aliphatic rings. The Morgan fingerprint density at radius 3 is 2.62 bits per heavy atom. The van der Waals surface area contributed by atoms with Crippen LogP contribution in [0.3, 0.4) is 0 Å². The second-order valence-electron chi connectivity index (χ2n) is 4.39. The molecular formula is C14H11F2N3OS. The summed E-state index contributed by atoms with van der Waals surface area (Å²) < 4.78 is 27.8. The summed E-state index contributed by atoms with van der Waals surface area (Å²) in [5.41, 5.74) is 2.68. The zero-order valence-corrected chi connectivity index (χ0v) is 11.6. The molecule has 3 rings (SSSR count). The van der Waals surface area contributed by atoms with Gasteiger partial charge in [0.05, 0.1) is 11.3 Å². The van der Waals surface area contributed by atoms with E-state index in [1.54, 1.807) is 24.4 Å². The summed E-state index contributed by atoms with van der Waals surface area (Å²) in [5, 5.41) is 0.454. The number of hydrogen-bond acceptors (Lipinski definition) is 4. The minimum Gasteiger partial charge on any atom is -0.278 e. The van der Waals surface area contributed by atoms with Crippen molar-refractivity contribution in [2.24, 2.45) is 0 Å². The number of nitrogens with zero attached hydrogens (tertiary/aromatic N) is 2. The zero-order chi connectivity index (χ0) is 14.8. The van der Waals surface area contributed by atoms with E-state index in [1.165, 1.54) is 35.0 Å². The van der Waals surface area contributed by atoms with E-state index in [4.69, 9.17) is 0 Å². The lowest BCUT2D eigenvalue weighted by molar-refractivity contribution is -0.126. The summed E-state index contributed by atoms with van der Waals surface area (Å²) in [5.74, 6) is -1.00. The van der Waals surface area contributed by atoms with Crippen molar-refractivity contribution in [2.45, 2.75) is 5.37 Å². The predicted octanol–water partition coefficient (Wildman–Crippen LogP) is 2.96. The first-order valence-electron chi connectivity index (χ1n) is 6.22. The van der Waals surface area contributed by atoms with Crippen molar-refractivity contribution < 1.29 is 13.6 Å². The van der Waals surface area contributed by atoms with Crippen molar-refractivity contribution in [1.82, 2.24) is 9.99 Å². The van der Waals surface area contributed by atoms with Crippen LogP contribution in [-0.4, -0.2) is 21.7 Å². The maximum absolute atomic E-state index is 13.9. The topological polar surface area (TPSA) is 45.2 Å². The molecule has 2 heterocycles. The molecule has 1 unspecified atom stereocenters. The molecule has 0 bridgehead atoms. The van der Waals surface area contributed by atoms with Crippen LogP contribution in [0.25, 0.3) is 0 Å². The van der Waals surface area contributed by atoms with Crippen molar-refractivity contribution >= 4 is 23.5 Å². The van der Waals surface area contributed by atoms with Gasteiger partial charge < -0.3 is 0 Å². The van der Waals surface area contributed by atoms with Crippen LogP contribution in [-0.2, 0) is 4.79 Å². The number of hydrazine groups is 1. The Kier molecular flexibility index (Phi) is 3.74. The highest BCUT2D eigenvalue weighted by Crippen LogP contribution is 2.40. The monoisotopic (exact) mass is 307 g/mol. The molecule has 4 nitrogen and oxygen atoms in total. The number of thioether (sulfide) groups is 1. The average Bonchev–Trinajstić information content (AvgIpc) is 2.82. The highest BCUT2D eigenvalue weighted by atomic mass is 32.2. The van der Waals surface area contributed by atoms with Crippen molar-refractivity contribution in [3.63, 3.8) is 0 Å². The molecule has 1 atom stereocenters. The van der Waals surface area contributed by atoms with Crippen LogP contribution in [0.2, 0.25) is 0 Å². The number of anilines is 1. The second-order valence-corrected chi connectivity index (χ2v) is 5.46. The van der Waals surface area contributed by atoms with Gasteiger partial charge in [0.2, 0.25) is 0 Å². The number of hydrogen-bond donors (Lipinski definition) is 1. The van der Waals surface area contributed by atoms with Crippen LogP contribution in [0.5, 0.6) is 0 Å². The van der Waals surface area contributed by atoms with Crippen LogP contribution in [0.4, 0.5) is 14.6 Å². The Morgan fingerprint density at radius 2 is 1.95 bits per heavy atom. The highest BCUT2D eigenvalue weighted by Gasteiger charge is 2.36. The molecule has 108 valence electrons. The zero-order valence-electron chi connectivity index (χ0n) is 10.8. The highest BCUT2D eigenvalue weighted by molar-refractivity contribution is 8.00. The van der Waals surface area contributed by atoms with E-state index < -0.39 is 17.0 Å². The molecule has 2 aromatic rings. The van der Waals surface area contributed by atoms with E-state index in [9.17, 15) is 13.6 Å². The van der Waals surface area contributed by atoms with E-state index in [-0.39, 0.29) is 17.2 Å². The van der Waals surface area contributed by atoms with Crippen LogP contribution in [0.1, 0.15) is 10.9 Å². The molecule has 1 aromatic carbocycles. The maximum atomic E-state index is 13.9. The summed E-state index contributed by atoms with van der Waals surface area (Å²) in [6, 6.07) is 8.82. The fourth-order valence-electron chi connectivity index (χ4n) is 2.06. The quantitative estimate of drug-likeness (QED) is 0.947. The minimum atomic E-state index is -0.763. The second kappa shape index (κ2) is 5.69. The number of carbonyl (C=O) groups excluding carboxylic acids is 1. The molecule has 0 saturated carbocycles. The molecule has 1 saturated heterocycles. The van der Waals surface area contributed by atoms with Gasteiger partial charge in [0.1, 0.15) is 22.8 Å². The Hall–Kier alpha value is -2.15. The molecular weight excluding hydrogens is 296 g/mol. The lowest BCUT2D eigenvalue weighted by Gasteiger charge is -2.25. The number of amides is 1. The van der Waals surface area contributed by atoms with Crippen molar-refractivity contribution in [3.8, 4) is 0 Å². The van der Waals surface area contributed by atoms with Gasteiger partial charge in [-0.05, 0) is 24.3 Å². The van der Waals surface area contributed by atoms with E-state index in [1.807, 2.05) is 0 Å². The number of carbonyl (C=O) groups is 1. The first-order chi connectivity index (χ1) is 10.2. The largest absolute Gasteiger partial charge is 0.278 e. The minimum absolute atomic E-state index is 0.128. The van der Waals surface area contributed by atoms with Gasteiger partial charge >= 0.3 is 0 Å². The fraction of sp³-hybridized carbons (Fsp3) is 0.143. The Balaban J connectivity index is 1.93. The van der Waals surface area contributed by atoms with E-state index >= 15 is 0 Å². The Bertz CT molecular complexity index is 648. The molecule has 7 heteroatoms. The Labute approximate surface area is 124 Å². The Morgan fingerprint density at radius 1 is 1.19 bits per heavy atom. The van der Waals surface area contributed by atoms with E-state index in [0.717, 1.165) is 0 Å². The summed E-state index contributed by atoms with van der Waals surface area (Å²) in [7, 11) is 0. The van der Waals surface area contributed by atoms with Gasteiger partial charge in [-0.3, -0.25) is 10.2 Å². The molecule has 1 N–H and O–H groups in total. The van der Waals surface area contributed by atoms with Crippen LogP contribution < -0.4 is 5.43 Å². The average molecular weight is 307 g/mol. The summed E-state index contributed by atoms with van der Waals surface area (Å²) in [4.78, 5) is 16.0. The third-order valence-electron chi connectivity index (χ3n) is 3.01. The molecule has 0 spiro atoms. The third kappa shape index (κ3) is 2.69. The molecule has 1 aromatic heterocycles. The van der Waals surface area contributed by atoms with Crippen molar-refractivity contribution in [3.05, 3.63) is 59.8 Å². The van der Waals surface area contributed by atoms with Gasteiger partial charge in [0, 0.05) is 6.20 Å². The molecule has 0 radical (unpaired) electrons. The van der Waals surface area contributed by atoms with Gasteiger partial charge in [-0.25, -0.2) is 18.8 Å². The molecule has 0 aliphatic carbocycles.